The molecule has 0 saturated carbocycles. The molecule has 1 aromatic heterocycles. The molecule has 1 aromatic carbocycles. The lowest BCUT2D eigenvalue weighted by Gasteiger charge is -2.30. The van der Waals surface area contributed by atoms with Gasteiger partial charge in [-0.15, -0.1) is 0 Å². The van der Waals surface area contributed by atoms with Gasteiger partial charge in [0.2, 0.25) is 15.9 Å². The molecule has 0 aliphatic carbocycles. The quantitative estimate of drug-likeness (QED) is 0.864. The Labute approximate surface area is 153 Å². The fraction of sp³-hybridized carbons (Fsp3) is 0.444. The fourth-order valence-corrected chi connectivity index (χ4v) is 4.78. The molecule has 140 valence electrons. The zero-order valence-corrected chi connectivity index (χ0v) is 15.8. The molecule has 1 aliphatic rings. The van der Waals surface area contributed by atoms with Gasteiger partial charge in [-0.25, -0.2) is 12.7 Å². The second kappa shape index (κ2) is 7.59. The average Bonchev–Trinajstić information content (AvgIpc) is 3.02. The molecule has 1 amide bonds. The highest BCUT2D eigenvalue weighted by Crippen LogP contribution is 2.23. The molecule has 2 aromatic rings. The predicted octanol–water partition coefficient (Wildman–Crippen LogP) is 2.47. The molecular formula is C18H23N3O4S. The molecule has 0 bridgehead atoms. The minimum atomic E-state index is -3.39. The Morgan fingerprint density at radius 2 is 1.96 bits per heavy atom. The van der Waals surface area contributed by atoms with Crippen molar-refractivity contribution in [3.63, 3.8) is 0 Å². The summed E-state index contributed by atoms with van der Waals surface area (Å²) in [5.41, 5.74) is 1.78. The molecule has 7 nitrogen and oxygen atoms in total. The van der Waals surface area contributed by atoms with Gasteiger partial charge >= 0.3 is 0 Å². The molecule has 1 fully saturated rings. The molecule has 8 heteroatoms. The molecule has 0 radical (unpaired) electrons. The van der Waals surface area contributed by atoms with Crippen molar-refractivity contribution < 1.29 is 17.7 Å². The van der Waals surface area contributed by atoms with Gasteiger partial charge in [-0.2, -0.15) is 0 Å². The van der Waals surface area contributed by atoms with Gasteiger partial charge in [0.1, 0.15) is 5.76 Å². The van der Waals surface area contributed by atoms with Crippen molar-refractivity contribution in [2.75, 3.05) is 18.4 Å². The van der Waals surface area contributed by atoms with Gasteiger partial charge in [0, 0.05) is 25.1 Å². The maximum absolute atomic E-state index is 12.7. The highest BCUT2D eigenvalue weighted by atomic mass is 32.2. The van der Waals surface area contributed by atoms with E-state index in [2.05, 4.69) is 10.5 Å². The van der Waals surface area contributed by atoms with E-state index in [-0.39, 0.29) is 17.6 Å². The summed E-state index contributed by atoms with van der Waals surface area (Å²) >= 11 is 0. The Morgan fingerprint density at radius 3 is 2.58 bits per heavy atom. The zero-order valence-electron chi connectivity index (χ0n) is 14.9. The van der Waals surface area contributed by atoms with Gasteiger partial charge in [-0.1, -0.05) is 29.4 Å². The van der Waals surface area contributed by atoms with Crippen LogP contribution in [0.15, 0.2) is 34.9 Å². The number of benzene rings is 1. The van der Waals surface area contributed by atoms with E-state index in [1.54, 1.807) is 13.0 Å². The molecule has 0 unspecified atom stereocenters. The van der Waals surface area contributed by atoms with Crippen molar-refractivity contribution in [2.24, 2.45) is 5.92 Å². The van der Waals surface area contributed by atoms with Crippen LogP contribution >= 0.6 is 0 Å². The van der Waals surface area contributed by atoms with Gasteiger partial charge in [0.15, 0.2) is 5.82 Å². The predicted molar refractivity (Wildman–Crippen MR) is 98.0 cm³/mol. The highest BCUT2D eigenvalue weighted by molar-refractivity contribution is 7.88. The van der Waals surface area contributed by atoms with Crippen LogP contribution in [0.3, 0.4) is 0 Å². The molecule has 0 spiro atoms. The largest absolute Gasteiger partial charge is 0.360 e. The summed E-state index contributed by atoms with van der Waals surface area (Å²) in [7, 11) is -3.39. The first-order valence-electron chi connectivity index (χ1n) is 8.61. The summed E-state index contributed by atoms with van der Waals surface area (Å²) in [6.07, 6.45) is 0.991. The highest BCUT2D eigenvalue weighted by Gasteiger charge is 2.31. The lowest BCUT2D eigenvalue weighted by molar-refractivity contribution is -0.120. The van der Waals surface area contributed by atoms with Crippen LogP contribution in [0, 0.1) is 19.8 Å². The van der Waals surface area contributed by atoms with E-state index in [0.29, 0.717) is 37.5 Å². The van der Waals surface area contributed by atoms with E-state index in [1.165, 1.54) is 4.31 Å². The van der Waals surface area contributed by atoms with Crippen LogP contribution in [0.25, 0.3) is 0 Å². The summed E-state index contributed by atoms with van der Waals surface area (Å²) < 4.78 is 31.8. The number of piperidine rings is 1. The third-order valence-electron chi connectivity index (χ3n) is 4.70. The normalized spacial score (nSPS) is 16.5. The Morgan fingerprint density at radius 1 is 1.27 bits per heavy atom. The number of sulfonamides is 1. The molecule has 3 rings (SSSR count). The molecule has 0 atom stereocenters. The van der Waals surface area contributed by atoms with E-state index >= 15 is 0 Å². The number of aromatic nitrogens is 1. The smallest absolute Gasteiger partial charge is 0.228 e. The molecule has 1 aliphatic heterocycles. The van der Waals surface area contributed by atoms with E-state index < -0.39 is 10.0 Å². The number of amides is 1. The molecule has 26 heavy (non-hydrogen) atoms. The zero-order chi connectivity index (χ0) is 18.7. The van der Waals surface area contributed by atoms with Crippen LogP contribution in [0.5, 0.6) is 0 Å². The van der Waals surface area contributed by atoms with Crippen molar-refractivity contribution in [2.45, 2.75) is 32.4 Å². The van der Waals surface area contributed by atoms with Crippen molar-refractivity contribution >= 4 is 21.7 Å². The summed E-state index contributed by atoms with van der Waals surface area (Å²) in [6, 6.07) is 9.14. The minimum absolute atomic E-state index is 0.00521. The SMILES string of the molecule is Cc1cc(NC(=O)C2CCN(S(=O)(=O)Cc3ccccc3C)CC2)no1. The first kappa shape index (κ1) is 18.6. The second-order valence-corrected chi connectivity index (χ2v) is 8.64. The van der Waals surface area contributed by atoms with Crippen molar-refractivity contribution in [1.82, 2.24) is 9.46 Å². The maximum Gasteiger partial charge on any atom is 0.228 e. The summed E-state index contributed by atoms with van der Waals surface area (Å²) in [5, 5.41) is 6.47. The number of anilines is 1. The summed E-state index contributed by atoms with van der Waals surface area (Å²) in [6.45, 7) is 4.36. The van der Waals surface area contributed by atoms with Crippen LogP contribution in [-0.4, -0.2) is 36.9 Å². The maximum atomic E-state index is 12.7. The second-order valence-electron chi connectivity index (χ2n) is 6.67. The minimum Gasteiger partial charge on any atom is -0.360 e. The third-order valence-corrected chi connectivity index (χ3v) is 6.52. The molecular weight excluding hydrogens is 354 g/mol. The number of nitrogens with zero attached hydrogens (tertiary/aromatic N) is 2. The lowest BCUT2D eigenvalue weighted by atomic mass is 9.97. The monoisotopic (exact) mass is 377 g/mol. The van der Waals surface area contributed by atoms with E-state index in [4.69, 9.17) is 4.52 Å². The first-order chi connectivity index (χ1) is 12.3. The van der Waals surface area contributed by atoms with E-state index in [9.17, 15) is 13.2 Å². The first-order valence-corrected chi connectivity index (χ1v) is 10.2. The number of hydrogen-bond donors (Lipinski definition) is 1. The van der Waals surface area contributed by atoms with Gasteiger partial charge in [-0.05, 0) is 37.8 Å². The van der Waals surface area contributed by atoms with Crippen LogP contribution in [0.1, 0.15) is 29.7 Å². The standard InChI is InChI=1S/C18H23N3O4S/c1-13-5-3-4-6-16(13)12-26(23,24)21-9-7-15(8-10-21)18(22)19-17-11-14(2)25-20-17/h3-6,11,15H,7-10,12H2,1-2H3,(H,19,20,22). The summed E-state index contributed by atoms with van der Waals surface area (Å²) in [5.74, 6) is 0.639. The van der Waals surface area contributed by atoms with Gasteiger partial charge in [-0.3, -0.25) is 4.79 Å². The van der Waals surface area contributed by atoms with E-state index in [1.807, 2.05) is 31.2 Å². The molecule has 2 heterocycles. The van der Waals surface area contributed by atoms with Crippen LogP contribution in [-0.2, 0) is 20.6 Å². The molecule has 1 saturated heterocycles. The van der Waals surface area contributed by atoms with Crippen LogP contribution < -0.4 is 5.32 Å². The van der Waals surface area contributed by atoms with Gasteiger partial charge < -0.3 is 9.84 Å². The Bertz CT molecular complexity index is 883. The number of hydrogen-bond acceptors (Lipinski definition) is 5. The Hall–Kier alpha value is -2.19. The van der Waals surface area contributed by atoms with Crippen LogP contribution in [0.4, 0.5) is 5.82 Å². The number of rotatable bonds is 5. The number of carbonyl (C=O) groups excluding carboxylic acids is 1. The third kappa shape index (κ3) is 4.31. The number of carbonyl (C=O) groups is 1. The van der Waals surface area contributed by atoms with Crippen molar-refractivity contribution in [3.8, 4) is 0 Å². The van der Waals surface area contributed by atoms with Crippen LogP contribution in [0.2, 0.25) is 0 Å². The van der Waals surface area contributed by atoms with Gasteiger partial charge in [0.05, 0.1) is 5.75 Å². The van der Waals surface area contributed by atoms with Crippen molar-refractivity contribution in [3.05, 3.63) is 47.2 Å². The Balaban J connectivity index is 1.57. The number of nitrogens with one attached hydrogen (secondary N) is 1. The van der Waals surface area contributed by atoms with E-state index in [0.717, 1.165) is 11.1 Å². The molecule has 1 N–H and O–H groups in total. The Kier molecular flexibility index (Phi) is 5.43. The lowest BCUT2D eigenvalue weighted by Crippen LogP contribution is -2.42. The number of aryl methyl sites for hydroxylation is 2. The average molecular weight is 377 g/mol. The fourth-order valence-electron chi connectivity index (χ4n) is 3.11. The summed E-state index contributed by atoms with van der Waals surface area (Å²) in [4.78, 5) is 12.3. The van der Waals surface area contributed by atoms with Crippen molar-refractivity contribution in [1.29, 1.82) is 0 Å². The topological polar surface area (TPSA) is 92.5 Å². The van der Waals surface area contributed by atoms with Gasteiger partial charge in [0.25, 0.3) is 0 Å².